The van der Waals surface area contributed by atoms with Crippen molar-refractivity contribution < 1.29 is 5.11 Å². The molecule has 3 N–H and O–H groups in total. The van der Waals surface area contributed by atoms with Crippen molar-refractivity contribution >= 4 is 23.4 Å². The average molecular weight is 473 g/mol. The summed E-state index contributed by atoms with van der Waals surface area (Å²) in [4.78, 5) is 16.2. The van der Waals surface area contributed by atoms with Crippen molar-refractivity contribution in [1.29, 1.82) is 0 Å². The van der Waals surface area contributed by atoms with Gasteiger partial charge < -0.3 is 20.6 Å². The van der Waals surface area contributed by atoms with E-state index in [1.54, 1.807) is 12.1 Å². The lowest BCUT2D eigenvalue weighted by molar-refractivity contribution is 0.203. The smallest absolute Gasteiger partial charge is 0.169 e. The summed E-state index contributed by atoms with van der Waals surface area (Å²) in [5.74, 6) is 2.24. The van der Waals surface area contributed by atoms with Crippen LogP contribution in [-0.2, 0) is 0 Å². The highest BCUT2D eigenvalue weighted by Crippen LogP contribution is 2.32. The zero-order valence-corrected chi connectivity index (χ0v) is 20.1. The first-order valence-corrected chi connectivity index (χ1v) is 12.2. The van der Waals surface area contributed by atoms with Gasteiger partial charge >= 0.3 is 0 Å². The van der Waals surface area contributed by atoms with Crippen molar-refractivity contribution in [2.24, 2.45) is 0 Å². The predicted octanol–water partition coefficient (Wildman–Crippen LogP) is 3.05. The van der Waals surface area contributed by atoms with Crippen LogP contribution in [-0.4, -0.2) is 75.5 Å². The number of hydrogen-bond donors (Lipinski definition) is 2. The van der Waals surface area contributed by atoms with E-state index in [4.69, 9.17) is 10.7 Å². The van der Waals surface area contributed by atoms with Crippen LogP contribution in [0.15, 0.2) is 48.7 Å². The third-order valence-electron chi connectivity index (χ3n) is 6.81. The summed E-state index contributed by atoms with van der Waals surface area (Å²) < 4.78 is 0. The fraction of sp³-hybridized carbons (Fsp3) is 0.385. The van der Waals surface area contributed by atoms with Crippen LogP contribution in [0.25, 0.3) is 17.3 Å². The molecule has 1 atom stereocenters. The minimum atomic E-state index is 0.173. The Morgan fingerprint density at radius 3 is 2.74 bits per heavy atom. The summed E-state index contributed by atoms with van der Waals surface area (Å²) in [6.07, 6.45) is 8.23. The van der Waals surface area contributed by atoms with Crippen LogP contribution in [0.3, 0.4) is 0 Å². The normalized spacial score (nSPS) is 19.1. The lowest BCUT2D eigenvalue weighted by atomic mass is 10.1. The van der Waals surface area contributed by atoms with Gasteiger partial charge in [-0.25, -0.2) is 9.97 Å². The van der Waals surface area contributed by atoms with E-state index in [-0.39, 0.29) is 5.75 Å². The van der Waals surface area contributed by atoms with E-state index in [0.717, 1.165) is 49.9 Å². The number of phenolic OH excluding ortho intramolecular Hbond substituents is 1. The molecule has 0 unspecified atom stereocenters. The Morgan fingerprint density at radius 1 is 1.09 bits per heavy atom. The Balaban J connectivity index is 1.32. The van der Waals surface area contributed by atoms with Crippen LogP contribution in [0.1, 0.15) is 25.6 Å². The lowest BCUT2D eigenvalue weighted by Crippen LogP contribution is -2.36. The van der Waals surface area contributed by atoms with E-state index >= 15 is 0 Å². The summed E-state index contributed by atoms with van der Waals surface area (Å²) in [5, 5.41) is 18.7. The summed E-state index contributed by atoms with van der Waals surface area (Å²) in [6, 6.07) is 11.3. The van der Waals surface area contributed by atoms with Gasteiger partial charge in [-0.3, -0.25) is 4.90 Å². The fourth-order valence-electron chi connectivity index (χ4n) is 4.58. The molecule has 0 amide bonds. The van der Waals surface area contributed by atoms with Gasteiger partial charge in [-0.1, -0.05) is 18.2 Å². The molecule has 0 saturated carbocycles. The maximum Gasteiger partial charge on any atom is 0.169 e. The molecule has 9 nitrogen and oxygen atoms in total. The van der Waals surface area contributed by atoms with Gasteiger partial charge in [0.05, 0.1) is 11.4 Å². The summed E-state index contributed by atoms with van der Waals surface area (Å²) in [7, 11) is 0. The van der Waals surface area contributed by atoms with Crippen molar-refractivity contribution in [3.63, 3.8) is 0 Å². The molecule has 0 aliphatic carbocycles. The molecular formula is C26H32N8O. The van der Waals surface area contributed by atoms with Gasteiger partial charge in [0.2, 0.25) is 0 Å². The molecule has 0 spiro atoms. The Hall–Kier alpha value is -3.72. The molecule has 182 valence electrons. The number of nitrogen functional groups attached to an aromatic ring is 1. The third kappa shape index (κ3) is 5.19. The quantitative estimate of drug-likeness (QED) is 0.560. The van der Waals surface area contributed by atoms with Gasteiger partial charge in [0.1, 0.15) is 11.6 Å². The summed E-state index contributed by atoms with van der Waals surface area (Å²) in [5.41, 5.74) is 8.33. The molecule has 3 aromatic rings. The molecule has 35 heavy (non-hydrogen) atoms. The monoisotopic (exact) mass is 472 g/mol. The minimum Gasteiger partial charge on any atom is -0.507 e. The molecule has 2 aliphatic heterocycles. The minimum absolute atomic E-state index is 0.173. The Bertz CT molecular complexity index is 1200. The molecular weight excluding hydrogens is 440 g/mol. The van der Waals surface area contributed by atoms with E-state index < -0.39 is 0 Å². The van der Waals surface area contributed by atoms with E-state index in [1.807, 2.05) is 36.5 Å². The highest BCUT2D eigenvalue weighted by Gasteiger charge is 2.24. The van der Waals surface area contributed by atoms with Gasteiger partial charge in [-0.2, -0.15) is 0 Å². The number of hydrogen-bond acceptors (Lipinski definition) is 9. The number of aromatic hydroxyl groups is 1. The SMILES string of the molecule is C[C@@H]1CCN(c2cc(-c3ccccc3O)nnc2N)CCN1c1ccnc(C=CCN2CCC2)n1. The average Bonchev–Trinajstić information content (AvgIpc) is 3.03. The zero-order valence-electron chi connectivity index (χ0n) is 20.1. The van der Waals surface area contributed by atoms with Gasteiger partial charge in [0.15, 0.2) is 11.6 Å². The topological polar surface area (TPSA) is 108 Å². The lowest BCUT2D eigenvalue weighted by Gasteiger charge is -2.29. The predicted molar refractivity (Wildman–Crippen MR) is 139 cm³/mol. The van der Waals surface area contributed by atoms with Crippen molar-refractivity contribution in [2.45, 2.75) is 25.8 Å². The Labute approximate surface area is 205 Å². The molecule has 9 heteroatoms. The number of likely N-dealkylation sites (tertiary alicyclic amines) is 1. The van der Waals surface area contributed by atoms with Crippen molar-refractivity contribution in [3.05, 3.63) is 54.5 Å². The molecule has 0 bridgehead atoms. The Kier molecular flexibility index (Phi) is 6.76. The van der Waals surface area contributed by atoms with Gasteiger partial charge in [-0.05, 0) is 63.2 Å². The maximum atomic E-state index is 10.3. The molecule has 2 aromatic heterocycles. The third-order valence-corrected chi connectivity index (χ3v) is 6.81. The van der Waals surface area contributed by atoms with Crippen LogP contribution >= 0.6 is 0 Å². The fourth-order valence-corrected chi connectivity index (χ4v) is 4.58. The first kappa shape index (κ1) is 23.0. The highest BCUT2D eigenvalue weighted by atomic mass is 16.3. The van der Waals surface area contributed by atoms with Gasteiger partial charge in [0, 0.05) is 44.0 Å². The summed E-state index contributed by atoms with van der Waals surface area (Å²) in [6.45, 7) is 7.94. The maximum absolute atomic E-state index is 10.3. The number of anilines is 3. The molecule has 5 rings (SSSR count). The van der Waals surface area contributed by atoms with Crippen LogP contribution in [0.5, 0.6) is 5.75 Å². The molecule has 0 radical (unpaired) electrons. The second-order valence-electron chi connectivity index (χ2n) is 9.16. The number of para-hydroxylation sites is 1. The van der Waals surface area contributed by atoms with Crippen molar-refractivity contribution in [1.82, 2.24) is 25.1 Å². The number of benzene rings is 1. The standard InChI is InChI=1S/C26H32N8O/c1-19-10-15-33(22-18-21(30-31-26(22)27)20-6-2-3-7-23(20)35)16-17-34(19)25-9-11-28-24(29-25)8-4-12-32-13-5-14-32/h2-4,6-9,11,18-19,35H,5,10,12-17H2,1H3,(H2,27,31)/t19-/m1/s1. The molecule has 2 saturated heterocycles. The van der Waals surface area contributed by atoms with E-state index in [1.165, 1.54) is 19.5 Å². The van der Waals surface area contributed by atoms with Crippen LogP contribution in [0, 0.1) is 0 Å². The highest BCUT2D eigenvalue weighted by molar-refractivity contribution is 5.74. The number of rotatable bonds is 6. The van der Waals surface area contributed by atoms with Crippen molar-refractivity contribution in [3.8, 4) is 17.0 Å². The van der Waals surface area contributed by atoms with Crippen LogP contribution in [0.4, 0.5) is 17.3 Å². The molecule has 1 aromatic carbocycles. The van der Waals surface area contributed by atoms with E-state index in [9.17, 15) is 5.11 Å². The van der Waals surface area contributed by atoms with Gasteiger partial charge in [-0.15, -0.1) is 10.2 Å². The van der Waals surface area contributed by atoms with E-state index in [2.05, 4.69) is 42.9 Å². The second kappa shape index (κ2) is 10.3. The first-order valence-electron chi connectivity index (χ1n) is 12.2. The van der Waals surface area contributed by atoms with Crippen molar-refractivity contribution in [2.75, 3.05) is 54.8 Å². The number of nitrogens with zero attached hydrogens (tertiary/aromatic N) is 7. The molecule has 2 fully saturated rings. The zero-order chi connectivity index (χ0) is 24.2. The number of nitrogens with two attached hydrogens (primary N) is 1. The largest absolute Gasteiger partial charge is 0.507 e. The summed E-state index contributed by atoms with van der Waals surface area (Å²) >= 11 is 0. The Morgan fingerprint density at radius 2 is 1.94 bits per heavy atom. The van der Waals surface area contributed by atoms with E-state index in [0.29, 0.717) is 23.1 Å². The second-order valence-corrected chi connectivity index (χ2v) is 9.16. The first-order chi connectivity index (χ1) is 17.1. The number of phenols is 1. The van der Waals surface area contributed by atoms with Crippen LogP contribution in [0.2, 0.25) is 0 Å². The molecule has 2 aliphatic rings. The number of aromatic nitrogens is 4. The van der Waals surface area contributed by atoms with Gasteiger partial charge in [0.25, 0.3) is 0 Å². The van der Waals surface area contributed by atoms with Crippen LogP contribution < -0.4 is 15.5 Å². The molecule has 4 heterocycles.